The Hall–Kier alpha value is -3.17. The summed E-state index contributed by atoms with van der Waals surface area (Å²) in [5.41, 5.74) is 4.74. The molecule has 0 bridgehead atoms. The highest BCUT2D eigenvalue weighted by molar-refractivity contribution is 7.09. The minimum absolute atomic E-state index is 0.0173. The number of hydrogen-bond acceptors (Lipinski definition) is 5. The van der Waals surface area contributed by atoms with E-state index >= 15 is 0 Å². The van der Waals surface area contributed by atoms with E-state index in [0.29, 0.717) is 18.5 Å². The molecular weight excluding hydrogens is 394 g/mol. The Morgan fingerprint density at radius 2 is 1.93 bits per heavy atom. The molecule has 4 rings (SSSR count). The molecule has 0 radical (unpaired) electrons. The summed E-state index contributed by atoms with van der Waals surface area (Å²) in [6.07, 6.45) is 0.135. The first-order valence-corrected chi connectivity index (χ1v) is 10.8. The Balaban J connectivity index is 1.58. The number of aryl methyl sites for hydroxylation is 3. The largest absolute Gasteiger partial charge is 0.478 e. The normalized spacial score (nSPS) is 18.1. The number of likely N-dealkylation sites (tertiary alicyclic amines) is 1. The van der Waals surface area contributed by atoms with Crippen molar-refractivity contribution in [3.8, 4) is 11.8 Å². The number of carbonyl (C=O) groups is 1. The average Bonchev–Trinajstić information content (AvgIpc) is 3.16. The molecule has 152 valence electrons. The molecule has 6 heteroatoms. The van der Waals surface area contributed by atoms with Crippen LogP contribution in [0.3, 0.4) is 0 Å². The van der Waals surface area contributed by atoms with Crippen molar-refractivity contribution in [2.24, 2.45) is 0 Å². The summed E-state index contributed by atoms with van der Waals surface area (Å²) in [5, 5.41) is 12.2. The summed E-state index contributed by atoms with van der Waals surface area (Å²) in [6.45, 7) is 6.59. The van der Waals surface area contributed by atoms with E-state index in [0.717, 1.165) is 33.1 Å². The van der Waals surface area contributed by atoms with E-state index in [9.17, 15) is 4.79 Å². The maximum absolute atomic E-state index is 13.0. The highest BCUT2D eigenvalue weighted by atomic mass is 32.1. The first-order chi connectivity index (χ1) is 14.5. The molecule has 2 heterocycles. The molecule has 0 saturated carbocycles. The molecule has 2 atom stereocenters. The van der Waals surface area contributed by atoms with E-state index in [4.69, 9.17) is 10.00 Å². The maximum Gasteiger partial charge on any atom is 0.266 e. The predicted octanol–water partition coefficient (Wildman–Crippen LogP) is 4.51. The lowest BCUT2D eigenvalue weighted by Crippen LogP contribution is -2.61. The van der Waals surface area contributed by atoms with Gasteiger partial charge in [-0.05, 0) is 50.1 Å². The first-order valence-electron chi connectivity index (χ1n) is 9.91. The number of thiazole rings is 1. The van der Waals surface area contributed by atoms with Crippen molar-refractivity contribution in [3.63, 3.8) is 0 Å². The second-order valence-corrected chi connectivity index (χ2v) is 8.69. The van der Waals surface area contributed by atoms with Crippen LogP contribution in [0.15, 0.2) is 47.8 Å². The highest BCUT2D eigenvalue weighted by Crippen LogP contribution is 2.38. The van der Waals surface area contributed by atoms with E-state index in [-0.39, 0.29) is 11.9 Å². The van der Waals surface area contributed by atoms with Crippen molar-refractivity contribution < 1.29 is 9.53 Å². The minimum Gasteiger partial charge on any atom is -0.478 e. The molecule has 0 spiro atoms. The molecule has 2 aromatic carbocycles. The average molecular weight is 418 g/mol. The van der Waals surface area contributed by atoms with Crippen LogP contribution in [0.25, 0.3) is 0 Å². The van der Waals surface area contributed by atoms with E-state index in [1.165, 1.54) is 0 Å². The molecule has 0 aliphatic carbocycles. The number of β-lactam (4-membered cyclic amide) rings is 1. The third-order valence-corrected chi connectivity index (χ3v) is 6.21. The van der Waals surface area contributed by atoms with Gasteiger partial charge in [-0.25, -0.2) is 4.98 Å². The van der Waals surface area contributed by atoms with Crippen molar-refractivity contribution in [2.45, 2.75) is 39.3 Å². The minimum atomic E-state index is -0.573. The number of nitriles is 1. The Kier molecular flexibility index (Phi) is 5.56. The van der Waals surface area contributed by atoms with Gasteiger partial charge in [0.15, 0.2) is 0 Å². The summed E-state index contributed by atoms with van der Waals surface area (Å²) in [4.78, 5) is 19.4. The molecule has 1 aliphatic rings. The molecule has 30 heavy (non-hydrogen) atoms. The van der Waals surface area contributed by atoms with Crippen LogP contribution in [0.2, 0.25) is 0 Å². The third-order valence-electron chi connectivity index (χ3n) is 5.39. The molecule has 0 N–H and O–H groups in total. The van der Waals surface area contributed by atoms with Crippen molar-refractivity contribution in [1.29, 1.82) is 5.26 Å². The van der Waals surface area contributed by atoms with Crippen LogP contribution < -0.4 is 4.74 Å². The molecule has 5 nitrogen and oxygen atoms in total. The van der Waals surface area contributed by atoms with Gasteiger partial charge in [0.2, 0.25) is 6.10 Å². The number of aromatic nitrogens is 1. The zero-order valence-electron chi connectivity index (χ0n) is 17.3. The predicted molar refractivity (Wildman–Crippen MR) is 116 cm³/mol. The number of benzene rings is 2. The van der Waals surface area contributed by atoms with Crippen LogP contribution in [-0.2, 0) is 11.2 Å². The quantitative estimate of drug-likeness (QED) is 0.554. The lowest BCUT2D eigenvalue weighted by Gasteiger charge is -2.47. The van der Waals surface area contributed by atoms with Gasteiger partial charge in [0.05, 0.1) is 22.3 Å². The number of amides is 1. The van der Waals surface area contributed by atoms with Crippen molar-refractivity contribution in [3.05, 3.63) is 80.8 Å². The number of carbonyl (C=O) groups excluding carboxylic acids is 1. The van der Waals surface area contributed by atoms with Crippen LogP contribution in [0, 0.1) is 32.1 Å². The van der Waals surface area contributed by atoms with Crippen LogP contribution >= 0.6 is 11.3 Å². The van der Waals surface area contributed by atoms with E-state index in [1.54, 1.807) is 23.5 Å². The third kappa shape index (κ3) is 3.94. The summed E-state index contributed by atoms with van der Waals surface area (Å²) in [5.74, 6) is 0.712. The monoisotopic (exact) mass is 417 g/mol. The van der Waals surface area contributed by atoms with Crippen molar-refractivity contribution >= 4 is 17.2 Å². The lowest BCUT2D eigenvalue weighted by molar-refractivity contribution is -0.164. The Morgan fingerprint density at radius 3 is 2.57 bits per heavy atom. The van der Waals surface area contributed by atoms with Gasteiger partial charge in [-0.1, -0.05) is 29.8 Å². The number of nitrogens with zero attached hydrogens (tertiary/aromatic N) is 3. The Bertz CT molecular complexity index is 1110. The second-order valence-electron chi connectivity index (χ2n) is 7.63. The van der Waals surface area contributed by atoms with E-state index < -0.39 is 6.10 Å². The van der Waals surface area contributed by atoms with Gasteiger partial charge in [0.25, 0.3) is 5.91 Å². The molecule has 3 aromatic rings. The molecule has 1 fully saturated rings. The van der Waals surface area contributed by atoms with Gasteiger partial charge in [-0.2, -0.15) is 5.26 Å². The van der Waals surface area contributed by atoms with Crippen LogP contribution in [0.4, 0.5) is 0 Å². The number of hydrogen-bond donors (Lipinski definition) is 0. The molecule has 2 unspecified atom stereocenters. The molecule has 1 saturated heterocycles. The summed E-state index contributed by atoms with van der Waals surface area (Å²) < 4.78 is 6.19. The van der Waals surface area contributed by atoms with Gasteiger partial charge >= 0.3 is 0 Å². The molecule has 1 amide bonds. The fraction of sp³-hybridized carbons (Fsp3) is 0.292. The topological polar surface area (TPSA) is 66.2 Å². The number of ether oxygens (including phenoxy) is 1. The first kappa shape index (κ1) is 20.1. The van der Waals surface area contributed by atoms with Gasteiger partial charge in [0.1, 0.15) is 11.8 Å². The molecular formula is C24H23N3O2S. The Morgan fingerprint density at radius 1 is 1.17 bits per heavy atom. The van der Waals surface area contributed by atoms with E-state index in [2.05, 4.69) is 17.1 Å². The summed E-state index contributed by atoms with van der Waals surface area (Å²) >= 11 is 1.62. The van der Waals surface area contributed by atoms with Crippen LogP contribution in [0.1, 0.15) is 39.0 Å². The van der Waals surface area contributed by atoms with Crippen molar-refractivity contribution in [1.82, 2.24) is 9.88 Å². The number of rotatable bonds is 6. The smallest absolute Gasteiger partial charge is 0.266 e. The second kappa shape index (κ2) is 8.29. The van der Waals surface area contributed by atoms with Gasteiger partial charge in [-0.15, -0.1) is 11.3 Å². The zero-order valence-corrected chi connectivity index (χ0v) is 18.1. The van der Waals surface area contributed by atoms with Gasteiger partial charge in [-0.3, -0.25) is 4.79 Å². The molecule has 1 aromatic heterocycles. The Labute approximate surface area is 180 Å². The maximum atomic E-state index is 13.0. The van der Waals surface area contributed by atoms with Crippen LogP contribution in [0.5, 0.6) is 5.75 Å². The van der Waals surface area contributed by atoms with Gasteiger partial charge in [0, 0.05) is 18.3 Å². The van der Waals surface area contributed by atoms with Crippen LogP contribution in [-0.4, -0.2) is 28.4 Å². The summed E-state index contributed by atoms with van der Waals surface area (Å²) in [7, 11) is 0. The standard InChI is InChI=1S/C24H23N3O2S/c1-15-4-9-21(16(2)12-15)29-23-22(19-7-5-18(13-25)6-8-19)27(24(23)28)11-10-20-14-30-17(3)26-20/h4-9,12,14,22-23H,10-11H2,1-3H3. The SMILES string of the molecule is Cc1ccc(OC2C(=O)N(CCc3csc(C)n3)C2c2ccc(C#N)cc2)c(C)c1. The van der Waals surface area contributed by atoms with Crippen molar-refractivity contribution in [2.75, 3.05) is 6.54 Å². The van der Waals surface area contributed by atoms with Gasteiger partial charge < -0.3 is 9.64 Å². The van der Waals surface area contributed by atoms with E-state index in [1.807, 2.05) is 55.3 Å². The fourth-order valence-electron chi connectivity index (χ4n) is 3.82. The zero-order chi connectivity index (χ0) is 21.3. The lowest BCUT2D eigenvalue weighted by atomic mass is 9.89. The fourth-order valence-corrected chi connectivity index (χ4v) is 4.46. The molecule has 1 aliphatic heterocycles. The summed E-state index contributed by atoms with van der Waals surface area (Å²) in [6, 6.07) is 15.3. The highest BCUT2D eigenvalue weighted by Gasteiger charge is 2.50.